The molecule has 342 valence electrons. The SMILES string of the molecule is N#Cc1ccc(-c2ccc(-n3c4ccccc4c4c5sc6ccccc6c5ccc43)c(-c3nc(-c4ccccc4)nc(-c4cc(C#N)ccc4-n4c5ccccc5c5c6sc7ccccc7c6ccc54)n3)c2)cc1. The van der Waals surface area contributed by atoms with E-state index in [2.05, 4.69) is 161 Å². The third-order valence-corrected chi connectivity index (χ3v) is 16.9. The van der Waals surface area contributed by atoms with Crippen LogP contribution in [0.25, 0.3) is 141 Å². The predicted molar refractivity (Wildman–Crippen MR) is 305 cm³/mol. The smallest absolute Gasteiger partial charge is 0.166 e. The number of fused-ring (bicyclic) bond motifs is 14. The molecule has 10 aromatic carbocycles. The van der Waals surface area contributed by atoms with Crippen LogP contribution in [0.15, 0.2) is 212 Å². The summed E-state index contributed by atoms with van der Waals surface area (Å²) < 4.78 is 9.63. The third kappa shape index (κ3) is 6.31. The lowest BCUT2D eigenvalue weighted by Crippen LogP contribution is -2.06. The summed E-state index contributed by atoms with van der Waals surface area (Å²) in [6.07, 6.45) is 0. The van der Waals surface area contributed by atoms with Crippen molar-refractivity contribution in [3.05, 3.63) is 223 Å². The maximum Gasteiger partial charge on any atom is 0.166 e. The van der Waals surface area contributed by atoms with Crippen molar-refractivity contribution in [1.29, 1.82) is 10.5 Å². The Morgan fingerprint density at radius 3 is 1.36 bits per heavy atom. The number of benzene rings is 10. The number of hydrogen-bond donors (Lipinski definition) is 0. The van der Waals surface area contributed by atoms with Gasteiger partial charge in [0.25, 0.3) is 0 Å². The van der Waals surface area contributed by atoms with E-state index < -0.39 is 0 Å². The second-order valence-electron chi connectivity index (χ2n) is 18.5. The molecule has 15 rings (SSSR count). The van der Waals surface area contributed by atoms with Crippen LogP contribution in [0.2, 0.25) is 0 Å². The molecule has 0 aliphatic carbocycles. The molecule has 0 saturated heterocycles. The fourth-order valence-corrected chi connectivity index (χ4v) is 13.6. The van der Waals surface area contributed by atoms with Gasteiger partial charge in [0.1, 0.15) is 0 Å². The number of thiophene rings is 2. The van der Waals surface area contributed by atoms with Crippen LogP contribution in [0.3, 0.4) is 0 Å². The standard InChI is InChI=1S/C65H35N7S2/c66-36-38-22-25-40(26-23-38)42-27-31-54(72-52-19-9-5-17-48(52)60-56(72)33-29-46-44-15-7-11-21-58(44)74-62(46)60)50(35-42)65-69-63(41-12-2-1-3-13-41)68-64(70-65)49-34-39(37-67)24-30-53(49)71-51-18-8-4-16-47(51)59-55(71)32-28-45-43-14-6-10-20-57(43)73-61(45)59/h1-35H. The molecule has 7 nitrogen and oxygen atoms in total. The van der Waals surface area contributed by atoms with Crippen molar-refractivity contribution < 1.29 is 0 Å². The first kappa shape index (κ1) is 42.0. The van der Waals surface area contributed by atoms with Gasteiger partial charge in [-0.2, -0.15) is 10.5 Å². The predicted octanol–water partition coefficient (Wildman–Crippen LogP) is 17.2. The monoisotopic (exact) mass is 977 g/mol. The minimum Gasteiger partial charge on any atom is -0.308 e. The van der Waals surface area contributed by atoms with Gasteiger partial charge in [0.15, 0.2) is 17.5 Å². The second kappa shape index (κ2) is 16.4. The fraction of sp³-hybridized carbons (Fsp3) is 0. The first-order valence-electron chi connectivity index (χ1n) is 24.3. The zero-order valence-electron chi connectivity index (χ0n) is 39.2. The average molecular weight is 978 g/mol. The molecule has 0 amide bonds. The van der Waals surface area contributed by atoms with Gasteiger partial charge in [-0.3, -0.25) is 0 Å². The van der Waals surface area contributed by atoms with Crippen LogP contribution >= 0.6 is 22.7 Å². The van der Waals surface area contributed by atoms with E-state index in [1.54, 1.807) is 0 Å². The average Bonchev–Trinajstić information content (AvgIpc) is 4.28. The van der Waals surface area contributed by atoms with E-state index in [1.807, 2.05) is 95.5 Å². The van der Waals surface area contributed by atoms with Crippen molar-refractivity contribution in [2.75, 3.05) is 0 Å². The van der Waals surface area contributed by atoms with E-state index in [1.165, 1.54) is 51.1 Å². The van der Waals surface area contributed by atoms with Crippen molar-refractivity contribution >= 4 is 107 Å². The molecule has 0 atom stereocenters. The molecule has 5 heterocycles. The first-order chi connectivity index (χ1) is 36.6. The van der Waals surface area contributed by atoms with Crippen LogP contribution < -0.4 is 0 Å². The van der Waals surface area contributed by atoms with Gasteiger partial charge in [0.2, 0.25) is 0 Å². The maximum absolute atomic E-state index is 10.6. The van der Waals surface area contributed by atoms with Gasteiger partial charge in [-0.1, -0.05) is 133 Å². The maximum atomic E-state index is 10.6. The molecule has 0 unspecified atom stereocenters. The van der Waals surface area contributed by atoms with Crippen molar-refractivity contribution in [2.24, 2.45) is 0 Å². The largest absolute Gasteiger partial charge is 0.308 e. The fourth-order valence-electron chi connectivity index (χ4n) is 11.1. The number of para-hydroxylation sites is 2. The van der Waals surface area contributed by atoms with Crippen molar-refractivity contribution in [3.63, 3.8) is 0 Å². The number of rotatable bonds is 6. The summed E-state index contributed by atoms with van der Waals surface area (Å²) in [5.41, 5.74) is 11.2. The lowest BCUT2D eigenvalue weighted by atomic mass is 9.99. The Balaban J connectivity index is 1.03. The van der Waals surface area contributed by atoms with Crippen molar-refractivity contribution in [3.8, 4) is 68.8 Å². The Morgan fingerprint density at radius 2 is 0.797 bits per heavy atom. The van der Waals surface area contributed by atoms with Gasteiger partial charge in [0.05, 0.1) is 56.7 Å². The molecule has 15 aromatic rings. The molecule has 0 saturated carbocycles. The summed E-state index contributed by atoms with van der Waals surface area (Å²) in [6, 6.07) is 78.2. The molecule has 5 aromatic heterocycles. The van der Waals surface area contributed by atoms with Crippen molar-refractivity contribution in [2.45, 2.75) is 0 Å². The van der Waals surface area contributed by atoms with E-state index in [9.17, 15) is 10.5 Å². The molecule has 0 N–H and O–H groups in total. The summed E-state index contributed by atoms with van der Waals surface area (Å²) in [7, 11) is 0. The van der Waals surface area contributed by atoms with Gasteiger partial charge in [-0.25, -0.2) is 15.0 Å². The first-order valence-corrected chi connectivity index (χ1v) is 25.9. The zero-order valence-corrected chi connectivity index (χ0v) is 40.8. The molecule has 0 bridgehead atoms. The van der Waals surface area contributed by atoms with E-state index in [0.29, 0.717) is 34.2 Å². The molecule has 0 fully saturated rings. The topological polar surface area (TPSA) is 96.1 Å². The van der Waals surface area contributed by atoms with E-state index in [-0.39, 0.29) is 0 Å². The van der Waals surface area contributed by atoms with Crippen LogP contribution in [-0.2, 0) is 0 Å². The molecule has 0 aliphatic rings. The van der Waals surface area contributed by atoms with Crippen LogP contribution in [0.4, 0.5) is 0 Å². The minimum atomic E-state index is 0.429. The van der Waals surface area contributed by atoms with E-state index in [4.69, 9.17) is 15.0 Å². The Kier molecular flexibility index (Phi) is 9.29. The Morgan fingerprint density at radius 1 is 0.338 bits per heavy atom. The lowest BCUT2D eigenvalue weighted by Gasteiger charge is -2.17. The molecular weight excluding hydrogens is 943 g/mol. The van der Waals surface area contributed by atoms with Crippen LogP contribution in [-0.4, -0.2) is 24.1 Å². The quantitative estimate of drug-likeness (QED) is 0.165. The lowest BCUT2D eigenvalue weighted by molar-refractivity contribution is 1.06. The van der Waals surface area contributed by atoms with E-state index >= 15 is 0 Å². The molecule has 0 spiro atoms. The van der Waals surface area contributed by atoms with Gasteiger partial charge in [-0.15, -0.1) is 22.7 Å². The summed E-state index contributed by atoms with van der Waals surface area (Å²) in [6.45, 7) is 0. The van der Waals surface area contributed by atoms with Crippen LogP contribution in [0.5, 0.6) is 0 Å². The Labute approximate surface area is 431 Å². The zero-order chi connectivity index (χ0) is 49.0. The highest BCUT2D eigenvalue weighted by Crippen LogP contribution is 2.47. The Hall–Kier alpha value is -9.77. The summed E-state index contributed by atoms with van der Waals surface area (Å²) in [5, 5.41) is 30.0. The third-order valence-electron chi connectivity index (χ3n) is 14.5. The number of nitriles is 2. The molecule has 74 heavy (non-hydrogen) atoms. The normalized spacial score (nSPS) is 11.8. The number of aromatic nitrogens is 5. The minimum absolute atomic E-state index is 0.429. The molecule has 9 heteroatoms. The van der Waals surface area contributed by atoms with Gasteiger partial charge in [-0.05, 0) is 90.0 Å². The van der Waals surface area contributed by atoms with E-state index in [0.717, 1.165) is 66.5 Å². The summed E-state index contributed by atoms with van der Waals surface area (Å²) in [5.74, 6) is 1.39. The molecule has 0 aliphatic heterocycles. The van der Waals surface area contributed by atoms with Crippen molar-refractivity contribution in [1.82, 2.24) is 24.1 Å². The number of hydrogen-bond acceptors (Lipinski definition) is 7. The second-order valence-corrected chi connectivity index (χ2v) is 20.6. The highest BCUT2D eigenvalue weighted by atomic mass is 32.1. The highest BCUT2D eigenvalue weighted by molar-refractivity contribution is 7.27. The van der Waals surface area contributed by atoms with Crippen LogP contribution in [0.1, 0.15) is 11.1 Å². The number of nitrogens with zero attached hydrogens (tertiary/aromatic N) is 7. The summed E-state index contributed by atoms with van der Waals surface area (Å²) >= 11 is 3.65. The van der Waals surface area contributed by atoms with Crippen LogP contribution in [0, 0.1) is 22.7 Å². The molecule has 0 radical (unpaired) electrons. The van der Waals surface area contributed by atoms with Gasteiger partial charge < -0.3 is 9.13 Å². The molecular formula is C65H35N7S2. The summed E-state index contributed by atoms with van der Waals surface area (Å²) in [4.78, 5) is 16.3. The Bertz CT molecular complexity index is 4930. The highest BCUT2D eigenvalue weighted by Gasteiger charge is 2.25. The van der Waals surface area contributed by atoms with Gasteiger partial charge in [0, 0.05) is 78.6 Å². The van der Waals surface area contributed by atoms with Gasteiger partial charge >= 0.3 is 0 Å².